The average molecular weight is 224 g/mol. The molecular weight excluding hydrogens is 206 g/mol. The zero-order valence-corrected chi connectivity index (χ0v) is 10.4. The predicted molar refractivity (Wildman–Crippen MR) is 68.4 cm³/mol. The second-order valence-electron chi connectivity index (χ2n) is 3.77. The van der Waals surface area contributed by atoms with Crippen molar-refractivity contribution in [3.05, 3.63) is 39.9 Å². The van der Waals surface area contributed by atoms with Crippen LogP contribution in [0.25, 0.3) is 6.08 Å². The van der Waals surface area contributed by atoms with Gasteiger partial charge in [-0.25, -0.2) is 0 Å². The first-order valence-electron chi connectivity index (χ1n) is 5.27. The standard InChI is InChI=1S/C13H18ClN/c1-4-15-9-10(2)7-12-5-6-13(14)8-11(12)3/h5-8,15H,4,9H2,1-3H3/b10-7+. The van der Waals surface area contributed by atoms with Crippen molar-refractivity contribution in [3.63, 3.8) is 0 Å². The Labute approximate surface area is 97.1 Å². The molecule has 1 aromatic rings. The van der Waals surface area contributed by atoms with E-state index < -0.39 is 0 Å². The van der Waals surface area contributed by atoms with E-state index in [1.54, 1.807) is 0 Å². The number of likely N-dealkylation sites (N-methyl/N-ethyl adjacent to an activating group) is 1. The normalized spacial score (nSPS) is 11.9. The first-order valence-corrected chi connectivity index (χ1v) is 5.65. The Bertz CT molecular complexity index is 356. The summed E-state index contributed by atoms with van der Waals surface area (Å²) in [6, 6.07) is 5.99. The molecule has 1 rings (SSSR count). The highest BCUT2D eigenvalue weighted by molar-refractivity contribution is 6.30. The van der Waals surface area contributed by atoms with Crippen LogP contribution in [-0.4, -0.2) is 13.1 Å². The molecule has 1 aromatic carbocycles. The monoisotopic (exact) mass is 223 g/mol. The molecule has 15 heavy (non-hydrogen) atoms. The van der Waals surface area contributed by atoms with Gasteiger partial charge < -0.3 is 5.32 Å². The molecule has 0 aliphatic carbocycles. The third-order valence-electron chi connectivity index (χ3n) is 2.29. The average Bonchev–Trinajstić information content (AvgIpc) is 2.19. The Kier molecular flexibility index (Phi) is 4.86. The molecule has 0 amide bonds. The van der Waals surface area contributed by atoms with Crippen molar-refractivity contribution in [1.29, 1.82) is 0 Å². The van der Waals surface area contributed by atoms with Crippen LogP contribution in [0.3, 0.4) is 0 Å². The Hall–Kier alpha value is -0.790. The highest BCUT2D eigenvalue weighted by atomic mass is 35.5. The van der Waals surface area contributed by atoms with Crippen LogP contribution in [0.2, 0.25) is 5.02 Å². The number of aryl methyl sites for hydroxylation is 1. The molecule has 0 radical (unpaired) electrons. The SMILES string of the molecule is CCNC/C(C)=C/c1ccc(Cl)cc1C. The lowest BCUT2D eigenvalue weighted by Gasteiger charge is -2.05. The summed E-state index contributed by atoms with van der Waals surface area (Å²) in [5, 5.41) is 4.10. The fourth-order valence-corrected chi connectivity index (χ4v) is 1.67. The van der Waals surface area contributed by atoms with Gasteiger partial charge in [0.25, 0.3) is 0 Å². The highest BCUT2D eigenvalue weighted by Crippen LogP contribution is 2.17. The number of nitrogens with one attached hydrogen (secondary N) is 1. The summed E-state index contributed by atoms with van der Waals surface area (Å²) in [6.45, 7) is 8.28. The molecule has 1 nitrogen and oxygen atoms in total. The van der Waals surface area contributed by atoms with E-state index in [9.17, 15) is 0 Å². The number of benzene rings is 1. The van der Waals surface area contributed by atoms with Crippen molar-refractivity contribution in [2.45, 2.75) is 20.8 Å². The molecule has 0 heterocycles. The van der Waals surface area contributed by atoms with Crippen molar-refractivity contribution in [3.8, 4) is 0 Å². The zero-order chi connectivity index (χ0) is 11.3. The molecule has 0 fully saturated rings. The summed E-state index contributed by atoms with van der Waals surface area (Å²) in [7, 11) is 0. The van der Waals surface area contributed by atoms with E-state index in [0.29, 0.717) is 0 Å². The second kappa shape index (κ2) is 5.94. The van der Waals surface area contributed by atoms with Gasteiger partial charge in [0, 0.05) is 11.6 Å². The number of hydrogen-bond acceptors (Lipinski definition) is 1. The van der Waals surface area contributed by atoms with E-state index in [1.165, 1.54) is 16.7 Å². The lowest BCUT2D eigenvalue weighted by atomic mass is 10.1. The number of hydrogen-bond donors (Lipinski definition) is 1. The second-order valence-corrected chi connectivity index (χ2v) is 4.21. The molecule has 0 spiro atoms. The molecule has 0 atom stereocenters. The summed E-state index contributed by atoms with van der Waals surface area (Å²) in [5.41, 5.74) is 3.80. The molecular formula is C13H18ClN. The van der Waals surface area contributed by atoms with Crippen LogP contribution >= 0.6 is 11.6 Å². The first kappa shape index (κ1) is 12.3. The summed E-state index contributed by atoms with van der Waals surface area (Å²) in [5.74, 6) is 0. The molecule has 82 valence electrons. The highest BCUT2D eigenvalue weighted by Gasteiger charge is 1.97. The van der Waals surface area contributed by atoms with E-state index in [1.807, 2.05) is 12.1 Å². The minimum Gasteiger partial charge on any atom is -0.313 e. The third kappa shape index (κ3) is 4.06. The van der Waals surface area contributed by atoms with Crippen LogP contribution in [0, 0.1) is 6.92 Å². The van der Waals surface area contributed by atoms with Gasteiger partial charge in [-0.15, -0.1) is 0 Å². The smallest absolute Gasteiger partial charge is 0.0409 e. The molecule has 1 N–H and O–H groups in total. The fraction of sp³-hybridized carbons (Fsp3) is 0.385. The van der Waals surface area contributed by atoms with Crippen molar-refractivity contribution in [1.82, 2.24) is 5.32 Å². The van der Waals surface area contributed by atoms with Gasteiger partial charge in [0.15, 0.2) is 0 Å². The Morgan fingerprint density at radius 2 is 2.20 bits per heavy atom. The van der Waals surface area contributed by atoms with Gasteiger partial charge >= 0.3 is 0 Å². The van der Waals surface area contributed by atoms with Crippen molar-refractivity contribution >= 4 is 17.7 Å². The molecule has 0 saturated heterocycles. The predicted octanol–water partition coefficient (Wildman–Crippen LogP) is 3.66. The van der Waals surface area contributed by atoms with Gasteiger partial charge in [0.2, 0.25) is 0 Å². The zero-order valence-electron chi connectivity index (χ0n) is 9.60. The van der Waals surface area contributed by atoms with Gasteiger partial charge in [-0.05, 0) is 43.7 Å². The van der Waals surface area contributed by atoms with Crippen molar-refractivity contribution < 1.29 is 0 Å². The summed E-state index contributed by atoms with van der Waals surface area (Å²) >= 11 is 5.90. The molecule has 0 bridgehead atoms. The van der Waals surface area contributed by atoms with Gasteiger partial charge in [-0.3, -0.25) is 0 Å². The van der Waals surface area contributed by atoms with Crippen LogP contribution in [-0.2, 0) is 0 Å². The third-order valence-corrected chi connectivity index (χ3v) is 2.52. The maximum absolute atomic E-state index is 5.90. The van der Waals surface area contributed by atoms with Crippen molar-refractivity contribution in [2.75, 3.05) is 13.1 Å². The van der Waals surface area contributed by atoms with Crippen LogP contribution < -0.4 is 5.32 Å². The summed E-state index contributed by atoms with van der Waals surface area (Å²) in [4.78, 5) is 0. The lowest BCUT2D eigenvalue weighted by molar-refractivity contribution is 0.778. The molecule has 0 saturated carbocycles. The minimum atomic E-state index is 0.800. The fourth-order valence-electron chi connectivity index (χ4n) is 1.44. The Morgan fingerprint density at radius 1 is 1.47 bits per heavy atom. The van der Waals surface area contributed by atoms with Crippen molar-refractivity contribution in [2.24, 2.45) is 0 Å². The topological polar surface area (TPSA) is 12.0 Å². The van der Waals surface area contributed by atoms with Crippen LogP contribution in [0.4, 0.5) is 0 Å². The molecule has 0 unspecified atom stereocenters. The van der Waals surface area contributed by atoms with E-state index >= 15 is 0 Å². The lowest BCUT2D eigenvalue weighted by Crippen LogP contribution is -2.14. The molecule has 0 aliphatic rings. The molecule has 2 heteroatoms. The number of rotatable bonds is 4. The van der Waals surface area contributed by atoms with Gasteiger partial charge in [-0.1, -0.05) is 36.2 Å². The van der Waals surface area contributed by atoms with E-state index in [4.69, 9.17) is 11.6 Å². The largest absolute Gasteiger partial charge is 0.313 e. The minimum absolute atomic E-state index is 0.800. The number of halogens is 1. The maximum Gasteiger partial charge on any atom is 0.0409 e. The van der Waals surface area contributed by atoms with Crippen LogP contribution in [0.15, 0.2) is 23.8 Å². The van der Waals surface area contributed by atoms with Crippen LogP contribution in [0.5, 0.6) is 0 Å². The van der Waals surface area contributed by atoms with E-state index in [2.05, 4.69) is 38.2 Å². The van der Waals surface area contributed by atoms with E-state index in [0.717, 1.165) is 18.1 Å². The molecule has 0 aliphatic heterocycles. The first-order chi connectivity index (χ1) is 7.13. The Morgan fingerprint density at radius 3 is 2.80 bits per heavy atom. The van der Waals surface area contributed by atoms with Gasteiger partial charge in [0.05, 0.1) is 0 Å². The Balaban J connectivity index is 2.78. The van der Waals surface area contributed by atoms with Gasteiger partial charge in [-0.2, -0.15) is 0 Å². The summed E-state index contributed by atoms with van der Waals surface area (Å²) in [6.07, 6.45) is 2.20. The van der Waals surface area contributed by atoms with Gasteiger partial charge in [0.1, 0.15) is 0 Å². The quantitative estimate of drug-likeness (QED) is 0.822. The maximum atomic E-state index is 5.90. The van der Waals surface area contributed by atoms with E-state index in [-0.39, 0.29) is 0 Å². The molecule has 0 aromatic heterocycles. The summed E-state index contributed by atoms with van der Waals surface area (Å²) < 4.78 is 0. The van der Waals surface area contributed by atoms with Crippen LogP contribution in [0.1, 0.15) is 25.0 Å².